The number of aromatic carboxylic acids is 1. The minimum absolute atomic E-state index is 0.0868. The van der Waals surface area contributed by atoms with Crippen molar-refractivity contribution in [2.45, 2.75) is 0 Å². The van der Waals surface area contributed by atoms with Crippen molar-refractivity contribution in [2.75, 3.05) is 5.32 Å². The molecule has 0 fully saturated rings. The lowest BCUT2D eigenvalue weighted by molar-refractivity contribution is 0.0693. The van der Waals surface area contributed by atoms with Crippen molar-refractivity contribution in [2.24, 2.45) is 0 Å². The van der Waals surface area contributed by atoms with Gasteiger partial charge in [-0.2, -0.15) is 0 Å². The van der Waals surface area contributed by atoms with Gasteiger partial charge >= 0.3 is 5.97 Å². The number of nitrogens with one attached hydrogen (secondary N) is 1. The highest BCUT2D eigenvalue weighted by Crippen LogP contribution is 2.24. The van der Waals surface area contributed by atoms with Gasteiger partial charge in [-0.3, -0.25) is 4.79 Å². The highest BCUT2D eigenvalue weighted by molar-refractivity contribution is 14.1. The maximum absolute atomic E-state index is 12.0. The Hall–Kier alpha value is -2.29. The Balaban J connectivity index is 2.26. The van der Waals surface area contributed by atoms with Crippen molar-refractivity contribution in [3.63, 3.8) is 0 Å². The molecule has 4 N–H and O–H groups in total. The van der Waals surface area contributed by atoms with E-state index in [2.05, 4.69) is 5.32 Å². The van der Waals surface area contributed by atoms with Crippen LogP contribution in [0.3, 0.4) is 0 Å². The molecule has 0 spiro atoms. The second kappa shape index (κ2) is 6.00. The minimum Gasteiger partial charge on any atom is -0.507 e. The van der Waals surface area contributed by atoms with Crippen LogP contribution in [0, 0.1) is 3.57 Å². The van der Waals surface area contributed by atoms with Crippen molar-refractivity contribution in [1.82, 2.24) is 0 Å². The van der Waals surface area contributed by atoms with Gasteiger partial charge in [-0.1, -0.05) is 0 Å². The van der Waals surface area contributed by atoms with Gasteiger partial charge in [0.15, 0.2) is 0 Å². The second-order valence-electron chi connectivity index (χ2n) is 4.15. The van der Waals surface area contributed by atoms with Gasteiger partial charge in [0.2, 0.25) is 0 Å². The summed E-state index contributed by atoms with van der Waals surface area (Å²) in [6.45, 7) is 0. The summed E-state index contributed by atoms with van der Waals surface area (Å²) in [6.07, 6.45) is 0. The van der Waals surface area contributed by atoms with Crippen LogP contribution in [-0.2, 0) is 0 Å². The van der Waals surface area contributed by atoms with E-state index >= 15 is 0 Å². The van der Waals surface area contributed by atoms with E-state index in [9.17, 15) is 19.8 Å². The van der Waals surface area contributed by atoms with E-state index in [0.717, 1.165) is 9.64 Å². The molecule has 0 aliphatic carbocycles. The van der Waals surface area contributed by atoms with E-state index in [0.29, 0.717) is 0 Å². The number of carboxylic acid groups (broad SMARTS) is 1. The number of anilines is 1. The van der Waals surface area contributed by atoms with E-state index in [-0.39, 0.29) is 22.6 Å². The lowest BCUT2D eigenvalue weighted by Crippen LogP contribution is -2.12. The summed E-state index contributed by atoms with van der Waals surface area (Å²) in [4.78, 5) is 22.8. The third kappa shape index (κ3) is 3.43. The SMILES string of the molecule is O=C(O)c1ccc(NC(=O)c2cc(I)ccc2O)cc1O. The van der Waals surface area contributed by atoms with Crippen LogP contribution in [0.2, 0.25) is 0 Å². The molecule has 21 heavy (non-hydrogen) atoms. The largest absolute Gasteiger partial charge is 0.507 e. The van der Waals surface area contributed by atoms with Gasteiger partial charge in [-0.05, 0) is 52.9 Å². The molecule has 6 nitrogen and oxygen atoms in total. The zero-order chi connectivity index (χ0) is 15.6. The smallest absolute Gasteiger partial charge is 0.339 e. The number of phenolic OH excluding ortho intramolecular Hbond substituents is 1. The van der Waals surface area contributed by atoms with Gasteiger partial charge in [0.05, 0.1) is 5.56 Å². The molecule has 0 aliphatic heterocycles. The molecular formula is C14H10INO5. The molecule has 0 saturated heterocycles. The quantitative estimate of drug-likeness (QED) is 0.594. The fourth-order valence-corrected chi connectivity index (χ4v) is 2.17. The van der Waals surface area contributed by atoms with Crippen LogP contribution in [0.25, 0.3) is 0 Å². The zero-order valence-electron chi connectivity index (χ0n) is 10.5. The molecule has 0 bridgehead atoms. The predicted octanol–water partition coefficient (Wildman–Crippen LogP) is 2.65. The van der Waals surface area contributed by atoms with Crippen LogP contribution in [0.1, 0.15) is 20.7 Å². The fraction of sp³-hybridized carbons (Fsp3) is 0. The van der Waals surface area contributed by atoms with Crippen LogP contribution in [0.15, 0.2) is 36.4 Å². The first-order valence-corrected chi connectivity index (χ1v) is 6.82. The molecule has 2 aromatic rings. The molecular weight excluding hydrogens is 389 g/mol. The monoisotopic (exact) mass is 399 g/mol. The molecule has 0 aromatic heterocycles. The van der Waals surface area contributed by atoms with E-state index in [1.807, 2.05) is 22.6 Å². The van der Waals surface area contributed by atoms with Crippen LogP contribution >= 0.6 is 22.6 Å². The molecule has 0 atom stereocenters. The van der Waals surface area contributed by atoms with Gasteiger partial charge < -0.3 is 20.6 Å². The maximum atomic E-state index is 12.0. The van der Waals surface area contributed by atoms with E-state index in [4.69, 9.17) is 5.11 Å². The van der Waals surface area contributed by atoms with E-state index in [1.165, 1.54) is 24.3 Å². The summed E-state index contributed by atoms with van der Waals surface area (Å²) < 4.78 is 0.777. The average molecular weight is 399 g/mol. The Morgan fingerprint density at radius 2 is 1.67 bits per heavy atom. The summed E-state index contributed by atoms with van der Waals surface area (Å²) in [7, 11) is 0. The molecule has 7 heteroatoms. The summed E-state index contributed by atoms with van der Waals surface area (Å²) in [5.74, 6) is -2.44. The highest BCUT2D eigenvalue weighted by atomic mass is 127. The number of benzene rings is 2. The molecule has 0 aliphatic rings. The Bertz CT molecular complexity index is 729. The summed E-state index contributed by atoms with van der Waals surface area (Å²) >= 11 is 2.01. The Morgan fingerprint density at radius 1 is 0.952 bits per heavy atom. The van der Waals surface area contributed by atoms with Gasteiger partial charge in [0.25, 0.3) is 5.91 Å². The van der Waals surface area contributed by atoms with Crippen molar-refractivity contribution in [3.05, 3.63) is 51.1 Å². The zero-order valence-corrected chi connectivity index (χ0v) is 12.7. The van der Waals surface area contributed by atoms with Crippen LogP contribution < -0.4 is 5.32 Å². The Labute approximate surface area is 133 Å². The van der Waals surface area contributed by atoms with Gasteiger partial charge in [-0.25, -0.2) is 4.79 Å². The van der Waals surface area contributed by atoms with E-state index < -0.39 is 17.6 Å². The number of aromatic hydroxyl groups is 2. The van der Waals surface area contributed by atoms with Crippen molar-refractivity contribution in [3.8, 4) is 11.5 Å². The third-order valence-corrected chi connectivity index (χ3v) is 3.36. The molecule has 0 unspecified atom stereocenters. The normalized spacial score (nSPS) is 10.1. The first-order valence-electron chi connectivity index (χ1n) is 5.74. The third-order valence-electron chi connectivity index (χ3n) is 2.69. The van der Waals surface area contributed by atoms with Gasteiger partial charge in [-0.15, -0.1) is 0 Å². The number of hydrogen-bond acceptors (Lipinski definition) is 4. The lowest BCUT2D eigenvalue weighted by Gasteiger charge is -2.08. The average Bonchev–Trinajstić information content (AvgIpc) is 2.41. The Morgan fingerprint density at radius 3 is 2.29 bits per heavy atom. The fourth-order valence-electron chi connectivity index (χ4n) is 1.68. The van der Waals surface area contributed by atoms with Crippen molar-refractivity contribution < 1.29 is 24.9 Å². The lowest BCUT2D eigenvalue weighted by atomic mass is 10.1. The number of hydrogen-bond donors (Lipinski definition) is 4. The number of amides is 1. The number of rotatable bonds is 3. The van der Waals surface area contributed by atoms with Gasteiger partial charge in [0.1, 0.15) is 17.1 Å². The first-order chi connectivity index (χ1) is 9.88. The first kappa shape index (κ1) is 15.1. The molecule has 2 rings (SSSR count). The highest BCUT2D eigenvalue weighted by Gasteiger charge is 2.14. The predicted molar refractivity (Wildman–Crippen MR) is 83.8 cm³/mol. The summed E-state index contributed by atoms with van der Waals surface area (Å²) in [5, 5.41) is 30.5. The van der Waals surface area contributed by atoms with Crippen LogP contribution in [0.4, 0.5) is 5.69 Å². The van der Waals surface area contributed by atoms with Crippen LogP contribution in [0.5, 0.6) is 11.5 Å². The number of carbonyl (C=O) groups excluding carboxylic acids is 1. The molecule has 0 radical (unpaired) electrons. The second-order valence-corrected chi connectivity index (χ2v) is 5.40. The summed E-state index contributed by atoms with van der Waals surface area (Å²) in [6, 6.07) is 8.23. The molecule has 0 heterocycles. The number of phenols is 2. The minimum atomic E-state index is -1.26. The maximum Gasteiger partial charge on any atom is 0.339 e. The van der Waals surface area contributed by atoms with Crippen molar-refractivity contribution in [1.29, 1.82) is 0 Å². The molecule has 1 amide bonds. The molecule has 2 aromatic carbocycles. The number of carboxylic acids is 1. The van der Waals surface area contributed by atoms with Crippen LogP contribution in [-0.4, -0.2) is 27.2 Å². The molecule has 108 valence electrons. The standard InChI is InChI=1S/C14H10INO5/c15-7-1-4-11(17)10(5-7)13(19)16-8-2-3-9(14(20)21)12(18)6-8/h1-6,17-18H,(H,16,19)(H,20,21). The van der Waals surface area contributed by atoms with Crippen molar-refractivity contribution >= 4 is 40.2 Å². The van der Waals surface area contributed by atoms with Gasteiger partial charge in [0, 0.05) is 15.3 Å². The van der Waals surface area contributed by atoms with E-state index in [1.54, 1.807) is 6.07 Å². The number of carbonyl (C=O) groups is 2. The Kier molecular flexibility index (Phi) is 4.32. The number of halogens is 1. The topological polar surface area (TPSA) is 107 Å². The molecule has 0 saturated carbocycles. The summed E-state index contributed by atoms with van der Waals surface area (Å²) in [5.41, 5.74) is 0.0505.